The van der Waals surface area contributed by atoms with E-state index in [9.17, 15) is 4.79 Å². The predicted octanol–water partition coefficient (Wildman–Crippen LogP) is 4.08. The third-order valence-corrected chi connectivity index (χ3v) is 13.7. The molecule has 0 heterocycles. The first-order chi connectivity index (χ1) is 6.84. The number of hydrogen-bond acceptors (Lipinski definition) is 1. The molecule has 88 valence electrons. The molecule has 15 heavy (non-hydrogen) atoms. The van der Waals surface area contributed by atoms with Crippen LogP contribution in [0.3, 0.4) is 0 Å². The monoisotopic (exact) mass is 338 g/mol. The molecule has 0 saturated heterocycles. The van der Waals surface area contributed by atoms with Crippen LogP contribution in [0.5, 0.6) is 0 Å². The van der Waals surface area contributed by atoms with Gasteiger partial charge in [-0.05, 0) is 0 Å². The van der Waals surface area contributed by atoms with Crippen LogP contribution in [0, 0.1) is 5.41 Å². The van der Waals surface area contributed by atoms with Crippen molar-refractivity contribution in [2.45, 2.75) is 51.4 Å². The molecule has 1 aliphatic carbocycles. The second kappa shape index (κ2) is 4.95. The molecular weight excluding hydrogens is 314 g/mol. The molecule has 0 N–H and O–H groups in total. The van der Waals surface area contributed by atoms with Crippen LogP contribution in [0.4, 0.5) is 0 Å². The summed E-state index contributed by atoms with van der Waals surface area (Å²) in [6.45, 7) is 2.28. The Labute approximate surface area is 103 Å². The second-order valence-corrected chi connectivity index (χ2v) is 22.3. The zero-order chi connectivity index (χ0) is 11.7. The molecule has 0 radical (unpaired) electrons. The van der Waals surface area contributed by atoms with E-state index in [0.29, 0.717) is 15.6 Å². The predicted molar refractivity (Wildman–Crippen MR) is 69.4 cm³/mol. The summed E-state index contributed by atoms with van der Waals surface area (Å²) in [5, 5.41) is 0. The molecule has 0 spiro atoms. The van der Waals surface area contributed by atoms with Crippen LogP contribution in [0.2, 0.25) is 18.8 Å². The first-order valence-electron chi connectivity index (χ1n) is 5.94. The van der Waals surface area contributed by atoms with Crippen LogP contribution < -0.4 is 0 Å². The molecule has 2 atom stereocenters. The summed E-state index contributed by atoms with van der Waals surface area (Å²) >= 11 is 4.12. The molecule has 1 aliphatic rings. The molecule has 1 rings (SSSR count). The fourth-order valence-corrected chi connectivity index (χ4v) is 9.44. The molecule has 0 aromatic heterocycles. The second-order valence-electron chi connectivity index (χ2n) is 6.01. The van der Waals surface area contributed by atoms with E-state index in [-0.39, 0.29) is 5.41 Å². The number of halogens is 1. The van der Waals surface area contributed by atoms with Crippen molar-refractivity contribution in [2.75, 3.05) is 5.88 Å². The molecule has 0 unspecified atom stereocenters. The summed E-state index contributed by atoms with van der Waals surface area (Å²) in [5.41, 5.74) is -0.159. The van der Waals surface area contributed by atoms with Crippen molar-refractivity contribution in [1.29, 1.82) is 0 Å². The Bertz CT molecular complexity index is 246. The normalized spacial score (nSPS) is 30.3. The van der Waals surface area contributed by atoms with Gasteiger partial charge < -0.3 is 0 Å². The standard InChI is InChI=1S/C9H14ClO.3CH3.Sn/c1-2-9(7-10)6-4-3-5-8(9)11;;;;/h2H,3-7H2,1H3;3*1H3;/t9-;;;;/m1..../s1. The third-order valence-electron chi connectivity index (χ3n) is 4.20. The van der Waals surface area contributed by atoms with Crippen LogP contribution in [0.15, 0.2) is 0 Å². The van der Waals surface area contributed by atoms with E-state index in [4.69, 9.17) is 11.6 Å². The van der Waals surface area contributed by atoms with Gasteiger partial charge in [-0.1, -0.05) is 0 Å². The van der Waals surface area contributed by atoms with Crippen molar-refractivity contribution in [1.82, 2.24) is 0 Å². The van der Waals surface area contributed by atoms with Gasteiger partial charge in [0.05, 0.1) is 0 Å². The summed E-state index contributed by atoms with van der Waals surface area (Å²) < 4.78 is 0.567. The van der Waals surface area contributed by atoms with E-state index in [1.54, 1.807) is 0 Å². The first-order valence-corrected chi connectivity index (χ1v) is 16.7. The molecule has 3 heteroatoms. The van der Waals surface area contributed by atoms with Gasteiger partial charge in [-0.2, -0.15) is 0 Å². The van der Waals surface area contributed by atoms with Crippen molar-refractivity contribution in [3.8, 4) is 0 Å². The van der Waals surface area contributed by atoms with E-state index in [0.717, 1.165) is 19.3 Å². The van der Waals surface area contributed by atoms with Crippen LogP contribution >= 0.6 is 11.6 Å². The van der Waals surface area contributed by atoms with Gasteiger partial charge in [0.2, 0.25) is 0 Å². The summed E-state index contributed by atoms with van der Waals surface area (Å²) in [7, 11) is 0. The summed E-state index contributed by atoms with van der Waals surface area (Å²) in [6, 6.07) is 0. The fourth-order valence-electron chi connectivity index (χ4n) is 2.66. The van der Waals surface area contributed by atoms with E-state index in [2.05, 4.69) is 21.7 Å². The molecular formula is C12H23ClOSn. The van der Waals surface area contributed by atoms with E-state index >= 15 is 0 Å². The quantitative estimate of drug-likeness (QED) is 0.560. The SMILES string of the molecule is C[C@H]([C@]1(CCl)CCCCC1=O)[Sn]([CH3])([CH3])[CH3]. The number of ketones is 1. The van der Waals surface area contributed by atoms with Gasteiger partial charge in [0, 0.05) is 0 Å². The molecule has 0 amide bonds. The number of Topliss-reactive ketones (excluding diaryl/α,β-unsaturated/α-hetero) is 1. The maximum absolute atomic E-state index is 12.2. The van der Waals surface area contributed by atoms with Crippen molar-refractivity contribution in [3.63, 3.8) is 0 Å². The van der Waals surface area contributed by atoms with E-state index < -0.39 is 18.4 Å². The average Bonchev–Trinajstić information content (AvgIpc) is 2.17. The van der Waals surface area contributed by atoms with Crippen molar-refractivity contribution in [2.24, 2.45) is 5.41 Å². The zero-order valence-electron chi connectivity index (χ0n) is 10.4. The summed E-state index contributed by atoms with van der Waals surface area (Å²) in [6.07, 6.45) is 4.05. The topological polar surface area (TPSA) is 17.1 Å². The van der Waals surface area contributed by atoms with Crippen LogP contribution in [0.1, 0.15) is 32.6 Å². The van der Waals surface area contributed by atoms with Gasteiger partial charge in [-0.3, -0.25) is 0 Å². The Morgan fingerprint density at radius 3 is 2.40 bits per heavy atom. The Morgan fingerprint density at radius 1 is 1.40 bits per heavy atom. The Morgan fingerprint density at radius 2 is 2.00 bits per heavy atom. The minimum absolute atomic E-state index is 0.159. The van der Waals surface area contributed by atoms with Gasteiger partial charge >= 0.3 is 103 Å². The van der Waals surface area contributed by atoms with Crippen molar-refractivity contribution < 1.29 is 4.79 Å². The van der Waals surface area contributed by atoms with Gasteiger partial charge in [-0.15, -0.1) is 0 Å². The zero-order valence-corrected chi connectivity index (χ0v) is 14.0. The number of carbonyl (C=O) groups is 1. The molecule has 1 saturated carbocycles. The Balaban J connectivity index is 2.97. The van der Waals surface area contributed by atoms with E-state index in [1.165, 1.54) is 6.42 Å². The minimum atomic E-state index is -2.03. The van der Waals surface area contributed by atoms with E-state index in [1.807, 2.05) is 0 Å². The van der Waals surface area contributed by atoms with Crippen molar-refractivity contribution >= 4 is 35.8 Å². The number of hydrogen-bond donors (Lipinski definition) is 0. The van der Waals surface area contributed by atoms with Crippen LogP contribution in [-0.2, 0) is 4.79 Å². The third kappa shape index (κ3) is 2.71. The molecule has 0 aliphatic heterocycles. The number of alkyl halides is 1. The molecule has 0 aromatic rings. The molecule has 1 fully saturated rings. The van der Waals surface area contributed by atoms with Crippen LogP contribution in [0.25, 0.3) is 0 Å². The Kier molecular flexibility index (Phi) is 4.56. The number of carbonyl (C=O) groups excluding carboxylic acids is 1. The molecule has 1 nitrogen and oxygen atoms in total. The summed E-state index contributed by atoms with van der Waals surface area (Å²) in [4.78, 5) is 19.4. The summed E-state index contributed by atoms with van der Waals surface area (Å²) in [5.74, 6) is 0.990. The van der Waals surface area contributed by atoms with Crippen molar-refractivity contribution in [3.05, 3.63) is 0 Å². The van der Waals surface area contributed by atoms with Crippen LogP contribution in [-0.4, -0.2) is 30.0 Å². The van der Waals surface area contributed by atoms with Gasteiger partial charge in [0.15, 0.2) is 0 Å². The molecule has 0 aromatic carbocycles. The van der Waals surface area contributed by atoms with Gasteiger partial charge in [0.25, 0.3) is 0 Å². The number of rotatable bonds is 3. The molecule has 0 bridgehead atoms. The maximum atomic E-state index is 12.2. The average molecular weight is 337 g/mol. The van der Waals surface area contributed by atoms with Gasteiger partial charge in [-0.25, -0.2) is 0 Å². The fraction of sp³-hybridized carbons (Fsp3) is 0.917. The Hall–Kier alpha value is 0.759. The van der Waals surface area contributed by atoms with Gasteiger partial charge in [0.1, 0.15) is 0 Å². The first kappa shape index (κ1) is 13.8.